The van der Waals surface area contributed by atoms with Gasteiger partial charge in [-0.1, -0.05) is 29.8 Å². The van der Waals surface area contributed by atoms with E-state index in [2.05, 4.69) is 32.3 Å². The first-order valence-electron chi connectivity index (χ1n) is 5.37. The van der Waals surface area contributed by atoms with Crippen molar-refractivity contribution < 1.29 is 9.53 Å². The molecule has 0 bridgehead atoms. The number of hydrogen-bond acceptors (Lipinski definition) is 4. The molecule has 0 aliphatic carbocycles. The Morgan fingerprint density at radius 3 is 2.89 bits per heavy atom. The van der Waals surface area contributed by atoms with Crippen LogP contribution in [0.2, 0.25) is 5.02 Å². The molecule has 0 aliphatic rings. The van der Waals surface area contributed by atoms with Gasteiger partial charge in [0.05, 0.1) is 11.4 Å². The Morgan fingerprint density at radius 1 is 1.53 bits per heavy atom. The Hall–Kier alpha value is -0.860. The number of halogens is 2. The Labute approximate surface area is 133 Å². The van der Waals surface area contributed by atoms with Gasteiger partial charge in [0.1, 0.15) is 9.49 Å². The van der Waals surface area contributed by atoms with Crippen molar-refractivity contribution >= 4 is 57.5 Å². The lowest BCUT2D eigenvalue weighted by Gasteiger charge is -2.07. The van der Waals surface area contributed by atoms with E-state index in [0.29, 0.717) is 10.7 Å². The molecule has 0 saturated carbocycles. The van der Waals surface area contributed by atoms with E-state index in [0.717, 1.165) is 14.1 Å². The van der Waals surface area contributed by atoms with E-state index in [1.807, 2.05) is 25.1 Å². The van der Waals surface area contributed by atoms with Crippen molar-refractivity contribution in [3.8, 4) is 0 Å². The smallest absolute Gasteiger partial charge is 0.412 e. The number of aromatic nitrogens is 1. The van der Waals surface area contributed by atoms with Crippen LogP contribution < -0.4 is 5.32 Å². The molecule has 1 heterocycles. The van der Waals surface area contributed by atoms with Crippen molar-refractivity contribution in [1.82, 2.24) is 4.37 Å². The van der Waals surface area contributed by atoms with Gasteiger partial charge in [-0.3, -0.25) is 5.32 Å². The minimum Gasteiger partial charge on any atom is -0.444 e. The van der Waals surface area contributed by atoms with Gasteiger partial charge in [-0.05, 0) is 47.1 Å². The van der Waals surface area contributed by atoms with Gasteiger partial charge in [-0.2, -0.15) is 4.37 Å². The lowest BCUT2D eigenvalue weighted by molar-refractivity contribution is 0.155. The molecule has 1 aromatic heterocycles. The Morgan fingerprint density at radius 2 is 2.26 bits per heavy atom. The van der Waals surface area contributed by atoms with Crippen molar-refractivity contribution in [2.45, 2.75) is 13.5 Å². The van der Waals surface area contributed by atoms with Crippen LogP contribution in [-0.2, 0) is 11.3 Å². The van der Waals surface area contributed by atoms with Crippen molar-refractivity contribution in [3.63, 3.8) is 0 Å². The van der Waals surface area contributed by atoms with Gasteiger partial charge in [0, 0.05) is 10.6 Å². The van der Waals surface area contributed by atoms with E-state index in [1.165, 1.54) is 11.5 Å². The third-order valence-electron chi connectivity index (χ3n) is 2.36. The van der Waals surface area contributed by atoms with Crippen LogP contribution in [-0.4, -0.2) is 10.5 Å². The van der Waals surface area contributed by atoms with Gasteiger partial charge in [-0.15, -0.1) is 0 Å². The van der Waals surface area contributed by atoms with Crippen molar-refractivity contribution in [2.75, 3.05) is 5.32 Å². The third kappa shape index (κ3) is 3.80. The highest BCUT2D eigenvalue weighted by molar-refractivity contribution is 14.1. The number of nitrogens with zero attached hydrogens (tertiary/aromatic N) is 1. The highest BCUT2D eigenvalue weighted by Crippen LogP contribution is 2.26. The van der Waals surface area contributed by atoms with E-state index in [-0.39, 0.29) is 6.61 Å². The summed E-state index contributed by atoms with van der Waals surface area (Å²) in [5.74, 6) is 0. The third-order valence-corrected chi connectivity index (χ3v) is 4.59. The highest BCUT2D eigenvalue weighted by Gasteiger charge is 2.12. The molecule has 19 heavy (non-hydrogen) atoms. The summed E-state index contributed by atoms with van der Waals surface area (Å²) < 4.78 is 10.2. The van der Waals surface area contributed by atoms with Gasteiger partial charge in [0.25, 0.3) is 0 Å². The molecule has 0 unspecified atom stereocenters. The van der Waals surface area contributed by atoms with Crippen molar-refractivity contribution in [3.05, 3.63) is 43.4 Å². The van der Waals surface area contributed by atoms with Crippen molar-refractivity contribution in [1.29, 1.82) is 0 Å². The predicted molar refractivity (Wildman–Crippen MR) is 84.8 cm³/mol. The fourth-order valence-corrected chi connectivity index (χ4v) is 2.99. The summed E-state index contributed by atoms with van der Waals surface area (Å²) in [7, 11) is 0. The number of amides is 1. The molecule has 1 amide bonds. The standard InChI is InChI=1S/C12H10ClIN2O2S/c1-7-10(11(14)19-16-7)15-12(17)18-6-8-4-2-3-5-9(8)13/h2-5H,6H2,1H3,(H,15,17). The fraction of sp³-hybridized carbons (Fsp3) is 0.167. The molecular weight excluding hydrogens is 399 g/mol. The summed E-state index contributed by atoms with van der Waals surface area (Å²) >= 11 is 9.44. The largest absolute Gasteiger partial charge is 0.444 e. The van der Waals surface area contributed by atoms with Gasteiger partial charge in [0.15, 0.2) is 0 Å². The Balaban J connectivity index is 1.94. The zero-order valence-corrected chi connectivity index (χ0v) is 13.7. The van der Waals surface area contributed by atoms with Crippen LogP contribution in [0.25, 0.3) is 0 Å². The lowest BCUT2D eigenvalue weighted by atomic mass is 10.2. The Kier molecular flexibility index (Phi) is 5.00. The first kappa shape index (κ1) is 14.5. The molecule has 0 saturated heterocycles. The molecule has 7 heteroatoms. The number of anilines is 1. The molecule has 1 aromatic carbocycles. The van der Waals surface area contributed by atoms with Crippen molar-refractivity contribution in [2.24, 2.45) is 0 Å². The van der Waals surface area contributed by atoms with Gasteiger partial charge in [0.2, 0.25) is 0 Å². The molecular formula is C12H10ClIN2O2S. The average molecular weight is 409 g/mol. The normalized spacial score (nSPS) is 10.3. The first-order chi connectivity index (χ1) is 9.08. The summed E-state index contributed by atoms with van der Waals surface area (Å²) in [5, 5.41) is 3.27. The van der Waals surface area contributed by atoms with Gasteiger partial charge in [-0.25, -0.2) is 4.79 Å². The second kappa shape index (κ2) is 6.53. The van der Waals surface area contributed by atoms with E-state index in [9.17, 15) is 4.79 Å². The SMILES string of the molecule is Cc1nsc(I)c1NC(=O)OCc1ccccc1Cl. The maximum atomic E-state index is 11.7. The second-order valence-corrected chi connectivity index (χ2v) is 6.70. The monoisotopic (exact) mass is 408 g/mol. The zero-order valence-electron chi connectivity index (χ0n) is 9.94. The van der Waals surface area contributed by atoms with Crippen LogP contribution in [0, 0.1) is 9.81 Å². The molecule has 0 radical (unpaired) electrons. The molecule has 0 atom stereocenters. The van der Waals surface area contributed by atoms with Gasteiger partial charge >= 0.3 is 6.09 Å². The topological polar surface area (TPSA) is 51.2 Å². The number of benzene rings is 1. The fourth-order valence-electron chi connectivity index (χ4n) is 1.38. The van der Waals surface area contributed by atoms with E-state index in [4.69, 9.17) is 16.3 Å². The molecule has 4 nitrogen and oxygen atoms in total. The maximum Gasteiger partial charge on any atom is 0.412 e. The number of carbonyl (C=O) groups excluding carboxylic acids is 1. The number of rotatable bonds is 3. The summed E-state index contributed by atoms with van der Waals surface area (Å²) in [5.41, 5.74) is 2.26. The number of aryl methyl sites for hydroxylation is 1. The molecule has 1 N–H and O–H groups in total. The minimum atomic E-state index is -0.513. The number of nitrogens with one attached hydrogen (secondary N) is 1. The van der Waals surface area contributed by atoms with Crippen LogP contribution in [0.1, 0.15) is 11.3 Å². The quantitative estimate of drug-likeness (QED) is 0.763. The number of hydrogen-bond donors (Lipinski definition) is 1. The first-order valence-corrected chi connectivity index (χ1v) is 7.60. The van der Waals surface area contributed by atoms with E-state index >= 15 is 0 Å². The molecule has 0 aliphatic heterocycles. The minimum absolute atomic E-state index is 0.138. The summed E-state index contributed by atoms with van der Waals surface area (Å²) in [6.07, 6.45) is -0.513. The zero-order chi connectivity index (χ0) is 13.8. The Bertz CT molecular complexity index is 584. The highest BCUT2D eigenvalue weighted by atomic mass is 127. The van der Waals surface area contributed by atoms with Crippen LogP contribution in [0.4, 0.5) is 10.5 Å². The molecule has 0 fully saturated rings. The summed E-state index contributed by atoms with van der Waals surface area (Å²) in [4.78, 5) is 11.7. The lowest BCUT2D eigenvalue weighted by Crippen LogP contribution is -2.14. The second-order valence-electron chi connectivity index (χ2n) is 3.71. The molecule has 2 aromatic rings. The predicted octanol–water partition coefficient (Wildman–Crippen LogP) is 4.46. The van der Waals surface area contributed by atoms with Crippen LogP contribution in [0.3, 0.4) is 0 Å². The average Bonchev–Trinajstić information content (AvgIpc) is 2.70. The molecule has 0 spiro atoms. The van der Waals surface area contributed by atoms with Crippen LogP contribution in [0.15, 0.2) is 24.3 Å². The molecule has 100 valence electrons. The van der Waals surface area contributed by atoms with Crippen LogP contribution in [0.5, 0.6) is 0 Å². The summed E-state index contributed by atoms with van der Waals surface area (Å²) in [6.45, 7) is 1.97. The van der Waals surface area contributed by atoms with E-state index in [1.54, 1.807) is 6.07 Å². The molecule has 2 rings (SSSR count). The number of carbonyl (C=O) groups is 1. The van der Waals surface area contributed by atoms with E-state index < -0.39 is 6.09 Å². The summed E-state index contributed by atoms with van der Waals surface area (Å²) in [6, 6.07) is 7.25. The van der Waals surface area contributed by atoms with Gasteiger partial charge < -0.3 is 4.74 Å². The number of ether oxygens (including phenoxy) is 1. The maximum absolute atomic E-state index is 11.7. The van der Waals surface area contributed by atoms with Crippen LogP contribution >= 0.6 is 45.7 Å².